The number of piperidine rings is 1. The third-order valence-electron chi connectivity index (χ3n) is 8.34. The van der Waals surface area contributed by atoms with E-state index in [0.29, 0.717) is 5.41 Å². The van der Waals surface area contributed by atoms with Gasteiger partial charge in [-0.3, -0.25) is 9.13 Å². The monoisotopic (exact) mass is 427 g/mol. The molecule has 6 heteroatoms. The highest BCUT2D eigenvalue weighted by atomic mass is 16.3. The summed E-state index contributed by atoms with van der Waals surface area (Å²) >= 11 is 0. The lowest BCUT2D eigenvalue weighted by Crippen LogP contribution is -2.43. The van der Waals surface area contributed by atoms with Crippen LogP contribution in [0, 0.1) is 11.3 Å². The molecule has 2 aromatic rings. The lowest BCUT2D eigenvalue weighted by molar-refractivity contribution is -0.0120. The molecule has 2 atom stereocenters. The van der Waals surface area contributed by atoms with Gasteiger partial charge in [-0.25, -0.2) is 4.79 Å². The number of benzene rings is 1. The fourth-order valence-corrected chi connectivity index (χ4v) is 6.28. The van der Waals surface area contributed by atoms with Gasteiger partial charge in [-0.1, -0.05) is 25.0 Å². The maximum atomic E-state index is 13.4. The SMILES string of the molecule is C[C@](O)(CO)Cn1c(=O)n(C2CCN(C[C@H]3CCCCC34CC4)CC2)c2ccccc21. The first-order valence-electron chi connectivity index (χ1n) is 12.2. The van der Waals surface area contributed by atoms with Crippen LogP contribution in [0.5, 0.6) is 0 Å². The fourth-order valence-electron chi connectivity index (χ4n) is 6.28. The third kappa shape index (κ3) is 3.98. The minimum absolute atomic E-state index is 0.0717. The maximum Gasteiger partial charge on any atom is 0.329 e. The molecule has 0 amide bonds. The third-order valence-corrected chi connectivity index (χ3v) is 8.34. The first kappa shape index (κ1) is 21.2. The van der Waals surface area contributed by atoms with Gasteiger partial charge in [-0.05, 0) is 68.9 Å². The van der Waals surface area contributed by atoms with Gasteiger partial charge in [0.05, 0.1) is 24.2 Å². The summed E-state index contributed by atoms with van der Waals surface area (Å²) in [6.45, 7) is 4.64. The molecule has 3 fully saturated rings. The van der Waals surface area contributed by atoms with Crippen molar-refractivity contribution in [2.24, 2.45) is 11.3 Å². The molecule has 170 valence electrons. The highest BCUT2D eigenvalue weighted by molar-refractivity contribution is 5.76. The van der Waals surface area contributed by atoms with E-state index in [1.807, 2.05) is 28.8 Å². The van der Waals surface area contributed by atoms with Gasteiger partial charge >= 0.3 is 5.69 Å². The van der Waals surface area contributed by atoms with Crippen LogP contribution in [0.25, 0.3) is 11.0 Å². The number of imidazole rings is 1. The molecule has 1 spiro atoms. The van der Waals surface area contributed by atoms with Gasteiger partial charge in [0.25, 0.3) is 0 Å². The molecule has 2 saturated carbocycles. The summed E-state index contributed by atoms with van der Waals surface area (Å²) < 4.78 is 3.58. The summed E-state index contributed by atoms with van der Waals surface area (Å²) in [6.07, 6.45) is 10.5. The molecule has 0 bridgehead atoms. The Balaban J connectivity index is 1.33. The number of aliphatic hydroxyl groups excluding tert-OH is 1. The highest BCUT2D eigenvalue weighted by Crippen LogP contribution is 2.59. The Morgan fingerprint density at radius 3 is 2.45 bits per heavy atom. The van der Waals surface area contributed by atoms with Crippen molar-refractivity contribution in [3.63, 3.8) is 0 Å². The van der Waals surface area contributed by atoms with Gasteiger partial charge in [0.15, 0.2) is 0 Å². The van der Waals surface area contributed by atoms with Crippen LogP contribution in [0.15, 0.2) is 29.1 Å². The highest BCUT2D eigenvalue weighted by Gasteiger charge is 2.50. The molecule has 0 unspecified atom stereocenters. The summed E-state index contributed by atoms with van der Waals surface area (Å²) in [5, 5.41) is 19.9. The quantitative estimate of drug-likeness (QED) is 0.743. The number of fused-ring (bicyclic) bond motifs is 1. The summed E-state index contributed by atoms with van der Waals surface area (Å²) in [6, 6.07) is 8.03. The van der Waals surface area contributed by atoms with Crippen molar-refractivity contribution in [1.82, 2.24) is 14.0 Å². The Morgan fingerprint density at radius 1 is 1.06 bits per heavy atom. The van der Waals surface area contributed by atoms with Crippen LogP contribution in [0.1, 0.15) is 64.3 Å². The molecule has 3 aliphatic rings. The van der Waals surface area contributed by atoms with Gasteiger partial charge in [-0.15, -0.1) is 0 Å². The van der Waals surface area contributed by atoms with Crippen LogP contribution in [0.2, 0.25) is 0 Å². The van der Waals surface area contributed by atoms with Crippen LogP contribution in [-0.2, 0) is 6.54 Å². The van der Waals surface area contributed by atoms with E-state index in [9.17, 15) is 15.0 Å². The molecule has 1 aliphatic heterocycles. The lowest BCUT2D eigenvalue weighted by Gasteiger charge is -2.39. The number of rotatable bonds is 6. The van der Waals surface area contributed by atoms with Crippen molar-refractivity contribution in [3.8, 4) is 0 Å². The van der Waals surface area contributed by atoms with Crippen LogP contribution >= 0.6 is 0 Å². The fraction of sp³-hybridized carbons (Fsp3) is 0.720. The Labute approximate surface area is 184 Å². The molecule has 2 N–H and O–H groups in total. The van der Waals surface area contributed by atoms with Gasteiger partial charge < -0.3 is 15.1 Å². The lowest BCUT2D eigenvalue weighted by atomic mass is 9.76. The number of aromatic nitrogens is 2. The van der Waals surface area contributed by atoms with Crippen LogP contribution in [-0.4, -0.2) is 56.1 Å². The van der Waals surface area contributed by atoms with E-state index < -0.39 is 5.60 Å². The normalized spacial score (nSPS) is 26.4. The largest absolute Gasteiger partial charge is 0.393 e. The second kappa shape index (κ2) is 8.05. The molecular formula is C25H37N3O3. The van der Waals surface area contributed by atoms with E-state index in [-0.39, 0.29) is 24.9 Å². The molecule has 31 heavy (non-hydrogen) atoms. The van der Waals surface area contributed by atoms with Crippen molar-refractivity contribution in [2.45, 2.75) is 76.5 Å². The van der Waals surface area contributed by atoms with Crippen LogP contribution in [0.4, 0.5) is 0 Å². The summed E-state index contributed by atoms with van der Waals surface area (Å²) in [5.74, 6) is 0.878. The van der Waals surface area contributed by atoms with Gasteiger partial charge in [0.2, 0.25) is 0 Å². The number of hydrogen-bond donors (Lipinski definition) is 2. The molecule has 1 aromatic carbocycles. The zero-order valence-electron chi connectivity index (χ0n) is 18.8. The number of likely N-dealkylation sites (tertiary alicyclic amines) is 1. The van der Waals surface area contributed by atoms with Gasteiger partial charge in [-0.2, -0.15) is 0 Å². The topological polar surface area (TPSA) is 70.6 Å². The van der Waals surface area contributed by atoms with Crippen molar-refractivity contribution in [3.05, 3.63) is 34.7 Å². The standard InChI is InChI=1S/C25H37N3O3/c1-24(31,18-29)17-27-21-7-2-3-8-22(21)28(23(27)30)20-9-14-26(15-10-20)16-19-6-4-5-11-25(19)12-13-25/h2-3,7-8,19-20,29,31H,4-6,9-18H2,1H3/t19-,24-/m1/s1. The molecule has 1 saturated heterocycles. The summed E-state index contributed by atoms with van der Waals surface area (Å²) in [7, 11) is 0. The van der Waals surface area contributed by atoms with E-state index in [0.717, 1.165) is 42.9 Å². The second-order valence-corrected chi connectivity index (χ2v) is 10.7. The first-order valence-corrected chi connectivity index (χ1v) is 12.2. The van der Waals surface area contributed by atoms with E-state index in [2.05, 4.69) is 4.90 Å². The van der Waals surface area contributed by atoms with Crippen molar-refractivity contribution < 1.29 is 10.2 Å². The van der Waals surface area contributed by atoms with Gasteiger partial charge in [0, 0.05) is 25.7 Å². The molecule has 2 heterocycles. The molecule has 2 aliphatic carbocycles. The zero-order valence-corrected chi connectivity index (χ0v) is 18.8. The Hall–Kier alpha value is -1.63. The minimum atomic E-state index is -1.32. The number of para-hydroxylation sites is 2. The second-order valence-electron chi connectivity index (χ2n) is 10.7. The maximum absolute atomic E-state index is 13.4. The Kier molecular flexibility index (Phi) is 5.51. The summed E-state index contributed by atoms with van der Waals surface area (Å²) in [5.41, 5.74) is 1.06. The Morgan fingerprint density at radius 2 is 1.77 bits per heavy atom. The smallest absolute Gasteiger partial charge is 0.329 e. The first-order chi connectivity index (χ1) is 14.9. The predicted octanol–water partition coefficient (Wildman–Crippen LogP) is 3.15. The van der Waals surface area contributed by atoms with Crippen molar-refractivity contribution >= 4 is 11.0 Å². The molecule has 1 aromatic heterocycles. The van der Waals surface area contributed by atoms with Gasteiger partial charge in [0.1, 0.15) is 5.60 Å². The van der Waals surface area contributed by atoms with E-state index in [1.165, 1.54) is 45.1 Å². The molecule has 0 radical (unpaired) electrons. The Bertz CT molecular complexity index is 980. The van der Waals surface area contributed by atoms with Crippen molar-refractivity contribution in [2.75, 3.05) is 26.2 Å². The molecule has 5 rings (SSSR count). The summed E-state index contributed by atoms with van der Waals surface area (Å²) in [4.78, 5) is 16.0. The number of hydrogen-bond acceptors (Lipinski definition) is 4. The molecule has 6 nitrogen and oxygen atoms in total. The van der Waals surface area contributed by atoms with E-state index in [4.69, 9.17) is 0 Å². The zero-order chi connectivity index (χ0) is 21.6. The molecular weight excluding hydrogens is 390 g/mol. The minimum Gasteiger partial charge on any atom is -0.393 e. The predicted molar refractivity (Wildman–Crippen MR) is 122 cm³/mol. The number of nitrogens with zero attached hydrogens (tertiary/aromatic N) is 3. The van der Waals surface area contributed by atoms with Crippen LogP contribution < -0.4 is 5.69 Å². The van der Waals surface area contributed by atoms with E-state index in [1.54, 1.807) is 11.5 Å². The average Bonchev–Trinajstić information content (AvgIpc) is 3.50. The average molecular weight is 428 g/mol. The van der Waals surface area contributed by atoms with Crippen LogP contribution in [0.3, 0.4) is 0 Å². The van der Waals surface area contributed by atoms with Crippen molar-refractivity contribution in [1.29, 1.82) is 0 Å². The van der Waals surface area contributed by atoms with E-state index >= 15 is 0 Å². The number of aliphatic hydroxyl groups is 2.